The zero-order chi connectivity index (χ0) is 15.2. The van der Waals surface area contributed by atoms with Crippen molar-refractivity contribution in [3.05, 3.63) is 0 Å². The highest BCUT2D eigenvalue weighted by atomic mass is 16.5. The predicted molar refractivity (Wildman–Crippen MR) is 74.4 cm³/mol. The molecular formula is C15H26O5. The van der Waals surface area contributed by atoms with E-state index in [4.69, 9.17) is 9.47 Å². The second-order valence-corrected chi connectivity index (χ2v) is 5.68. The van der Waals surface area contributed by atoms with Gasteiger partial charge in [0.2, 0.25) is 0 Å². The number of aliphatic carboxylic acids is 1. The molecule has 0 amide bonds. The molecule has 5 nitrogen and oxygen atoms in total. The van der Waals surface area contributed by atoms with E-state index < -0.39 is 17.4 Å². The van der Waals surface area contributed by atoms with Crippen LogP contribution in [0.1, 0.15) is 52.9 Å². The molecule has 116 valence electrons. The number of hydrogen-bond acceptors (Lipinski definition) is 4. The monoisotopic (exact) mass is 286 g/mol. The van der Waals surface area contributed by atoms with Gasteiger partial charge in [-0.05, 0) is 44.9 Å². The normalized spacial score (nSPS) is 21.7. The quantitative estimate of drug-likeness (QED) is 0.548. The number of ether oxygens (including phenoxy) is 2. The molecule has 1 aliphatic heterocycles. The topological polar surface area (TPSA) is 72.8 Å². The van der Waals surface area contributed by atoms with Gasteiger partial charge in [0.05, 0.1) is 12.7 Å². The molecule has 0 aromatic rings. The summed E-state index contributed by atoms with van der Waals surface area (Å²) < 4.78 is 10.5. The summed E-state index contributed by atoms with van der Waals surface area (Å²) in [6.07, 6.45) is 4.09. The zero-order valence-electron chi connectivity index (χ0n) is 12.7. The SMILES string of the molecule is CCOC(=O)C(CCCC1CCCO1)(C(=O)O)C(C)C. The van der Waals surface area contributed by atoms with Gasteiger partial charge in [-0.15, -0.1) is 0 Å². The Bertz CT molecular complexity index is 333. The lowest BCUT2D eigenvalue weighted by atomic mass is 9.73. The van der Waals surface area contributed by atoms with Crippen molar-refractivity contribution in [1.29, 1.82) is 0 Å². The summed E-state index contributed by atoms with van der Waals surface area (Å²) in [5, 5.41) is 9.55. The van der Waals surface area contributed by atoms with E-state index in [2.05, 4.69) is 0 Å². The Balaban J connectivity index is 2.70. The third kappa shape index (κ3) is 3.72. The number of carbonyl (C=O) groups is 2. The third-order valence-corrected chi connectivity index (χ3v) is 4.13. The fourth-order valence-electron chi connectivity index (χ4n) is 2.81. The van der Waals surface area contributed by atoms with E-state index in [9.17, 15) is 14.7 Å². The summed E-state index contributed by atoms with van der Waals surface area (Å²) in [7, 11) is 0. The summed E-state index contributed by atoms with van der Waals surface area (Å²) in [5.74, 6) is -2.00. The lowest BCUT2D eigenvalue weighted by Gasteiger charge is -2.31. The highest BCUT2D eigenvalue weighted by Gasteiger charge is 2.49. The standard InChI is InChI=1S/C15H26O5/c1-4-19-14(18)15(11(2)3,13(16)17)9-5-7-12-8-6-10-20-12/h11-12H,4-10H2,1-3H3,(H,16,17). The maximum Gasteiger partial charge on any atom is 0.323 e. The van der Waals surface area contributed by atoms with Crippen LogP contribution in [-0.4, -0.2) is 36.4 Å². The van der Waals surface area contributed by atoms with Gasteiger partial charge in [-0.3, -0.25) is 9.59 Å². The third-order valence-electron chi connectivity index (χ3n) is 4.13. The molecule has 5 heteroatoms. The molecule has 1 heterocycles. The van der Waals surface area contributed by atoms with E-state index in [0.717, 1.165) is 25.9 Å². The van der Waals surface area contributed by atoms with Gasteiger partial charge < -0.3 is 14.6 Å². The first kappa shape index (κ1) is 17.0. The fourth-order valence-corrected chi connectivity index (χ4v) is 2.81. The van der Waals surface area contributed by atoms with Gasteiger partial charge in [-0.2, -0.15) is 0 Å². The van der Waals surface area contributed by atoms with Crippen LogP contribution in [-0.2, 0) is 19.1 Å². The smallest absolute Gasteiger partial charge is 0.323 e. The summed E-state index contributed by atoms with van der Waals surface area (Å²) >= 11 is 0. The van der Waals surface area contributed by atoms with Gasteiger partial charge in [0.25, 0.3) is 0 Å². The Morgan fingerprint density at radius 1 is 1.45 bits per heavy atom. The highest BCUT2D eigenvalue weighted by molar-refractivity contribution is 5.99. The van der Waals surface area contributed by atoms with Gasteiger partial charge in [-0.1, -0.05) is 13.8 Å². The molecule has 0 saturated carbocycles. The molecule has 2 atom stereocenters. The second kappa shape index (κ2) is 7.62. The van der Waals surface area contributed by atoms with Gasteiger partial charge in [0.1, 0.15) is 0 Å². The van der Waals surface area contributed by atoms with Crippen LogP contribution in [0.15, 0.2) is 0 Å². The van der Waals surface area contributed by atoms with Crippen molar-refractivity contribution in [1.82, 2.24) is 0 Å². The largest absolute Gasteiger partial charge is 0.480 e. The summed E-state index contributed by atoms with van der Waals surface area (Å²) in [6.45, 7) is 6.20. The van der Waals surface area contributed by atoms with Crippen molar-refractivity contribution < 1.29 is 24.2 Å². The van der Waals surface area contributed by atoms with Crippen molar-refractivity contribution >= 4 is 11.9 Å². The molecule has 0 aliphatic carbocycles. The summed E-state index contributed by atoms with van der Waals surface area (Å²) in [4.78, 5) is 23.8. The first-order valence-electron chi connectivity index (χ1n) is 7.47. The van der Waals surface area contributed by atoms with Crippen LogP contribution < -0.4 is 0 Å². The number of rotatable bonds is 8. The van der Waals surface area contributed by atoms with E-state index in [1.165, 1.54) is 0 Å². The van der Waals surface area contributed by atoms with Crippen molar-refractivity contribution in [3.8, 4) is 0 Å². The van der Waals surface area contributed by atoms with Crippen LogP contribution in [0, 0.1) is 11.3 Å². The number of carbonyl (C=O) groups excluding carboxylic acids is 1. The van der Waals surface area contributed by atoms with Crippen molar-refractivity contribution in [2.45, 2.75) is 59.0 Å². The molecule has 2 unspecified atom stereocenters. The van der Waals surface area contributed by atoms with E-state index >= 15 is 0 Å². The molecule has 0 radical (unpaired) electrons. The second-order valence-electron chi connectivity index (χ2n) is 5.68. The first-order valence-corrected chi connectivity index (χ1v) is 7.47. The maximum atomic E-state index is 12.1. The number of esters is 1. The Morgan fingerprint density at radius 3 is 2.60 bits per heavy atom. The Morgan fingerprint density at radius 2 is 2.15 bits per heavy atom. The lowest BCUT2D eigenvalue weighted by Crippen LogP contribution is -2.45. The van der Waals surface area contributed by atoms with Gasteiger partial charge in [0, 0.05) is 6.61 Å². The Hall–Kier alpha value is -1.10. The van der Waals surface area contributed by atoms with Crippen molar-refractivity contribution in [2.75, 3.05) is 13.2 Å². The van der Waals surface area contributed by atoms with Crippen LogP contribution in [0.3, 0.4) is 0 Å². The molecule has 1 rings (SSSR count). The van der Waals surface area contributed by atoms with Gasteiger partial charge in [0.15, 0.2) is 5.41 Å². The molecule has 0 spiro atoms. The average molecular weight is 286 g/mol. The molecule has 1 fully saturated rings. The minimum Gasteiger partial charge on any atom is -0.480 e. The molecule has 20 heavy (non-hydrogen) atoms. The first-order chi connectivity index (χ1) is 9.45. The van der Waals surface area contributed by atoms with Crippen LogP contribution in [0.4, 0.5) is 0 Å². The molecule has 0 aromatic heterocycles. The molecular weight excluding hydrogens is 260 g/mol. The van der Waals surface area contributed by atoms with E-state index in [-0.39, 0.29) is 18.6 Å². The molecule has 1 saturated heterocycles. The average Bonchev–Trinajstić information content (AvgIpc) is 2.87. The summed E-state index contributed by atoms with van der Waals surface area (Å²) in [6, 6.07) is 0. The zero-order valence-corrected chi connectivity index (χ0v) is 12.7. The van der Waals surface area contributed by atoms with Crippen LogP contribution >= 0.6 is 0 Å². The van der Waals surface area contributed by atoms with Crippen LogP contribution in [0.25, 0.3) is 0 Å². The van der Waals surface area contributed by atoms with E-state index in [1.807, 2.05) is 0 Å². The molecule has 0 aromatic carbocycles. The van der Waals surface area contributed by atoms with Crippen LogP contribution in [0.2, 0.25) is 0 Å². The van der Waals surface area contributed by atoms with Gasteiger partial charge >= 0.3 is 11.9 Å². The van der Waals surface area contributed by atoms with Crippen molar-refractivity contribution in [3.63, 3.8) is 0 Å². The number of carboxylic acid groups (broad SMARTS) is 1. The Labute approximate surface area is 120 Å². The molecule has 1 aliphatic rings. The maximum absolute atomic E-state index is 12.1. The minimum atomic E-state index is -1.44. The fraction of sp³-hybridized carbons (Fsp3) is 0.867. The highest BCUT2D eigenvalue weighted by Crippen LogP contribution is 2.36. The number of hydrogen-bond donors (Lipinski definition) is 1. The lowest BCUT2D eigenvalue weighted by molar-refractivity contribution is -0.173. The molecule has 0 bridgehead atoms. The number of carboxylic acids is 1. The van der Waals surface area contributed by atoms with E-state index in [0.29, 0.717) is 12.8 Å². The van der Waals surface area contributed by atoms with Gasteiger partial charge in [-0.25, -0.2) is 0 Å². The van der Waals surface area contributed by atoms with Crippen LogP contribution in [0.5, 0.6) is 0 Å². The minimum absolute atomic E-state index is 0.201. The summed E-state index contributed by atoms with van der Waals surface area (Å²) in [5.41, 5.74) is -1.44. The Kier molecular flexibility index (Phi) is 6.46. The molecule has 1 N–H and O–H groups in total. The predicted octanol–water partition coefficient (Wildman–Crippen LogP) is 2.63. The van der Waals surface area contributed by atoms with E-state index in [1.54, 1.807) is 20.8 Å². The van der Waals surface area contributed by atoms with Crippen molar-refractivity contribution in [2.24, 2.45) is 11.3 Å².